The van der Waals surface area contributed by atoms with Crippen LogP contribution in [0.5, 0.6) is 0 Å². The van der Waals surface area contributed by atoms with Crippen LogP contribution in [0.1, 0.15) is 12.0 Å². The number of carbonyl (C=O) groups is 1. The molecule has 1 aliphatic heterocycles. The minimum Gasteiger partial charge on any atom is -0.469 e. The summed E-state index contributed by atoms with van der Waals surface area (Å²) in [5.41, 5.74) is 1.58. The summed E-state index contributed by atoms with van der Waals surface area (Å²) >= 11 is 0. The van der Waals surface area contributed by atoms with E-state index in [2.05, 4.69) is 0 Å². The van der Waals surface area contributed by atoms with Crippen molar-refractivity contribution in [1.29, 1.82) is 0 Å². The molecule has 0 N–H and O–H groups in total. The molecule has 2 heterocycles. The van der Waals surface area contributed by atoms with Crippen molar-refractivity contribution in [2.24, 2.45) is 0 Å². The number of rotatable bonds is 3. The highest BCUT2D eigenvalue weighted by molar-refractivity contribution is 5.83. The number of hydrogen-bond donors (Lipinski definition) is 0. The maximum atomic E-state index is 11.5. The monoisotopic (exact) mass is 246 g/mol. The highest BCUT2D eigenvalue weighted by atomic mass is 16.5. The van der Waals surface area contributed by atoms with Gasteiger partial charge in [0.2, 0.25) is 0 Å². The van der Waals surface area contributed by atoms with Crippen LogP contribution in [0.2, 0.25) is 0 Å². The largest absolute Gasteiger partial charge is 0.469 e. The smallest absolute Gasteiger partial charge is 0.306 e. The summed E-state index contributed by atoms with van der Waals surface area (Å²) in [4.78, 5) is 11.5. The van der Waals surface area contributed by atoms with Crippen molar-refractivity contribution in [3.05, 3.63) is 36.1 Å². The van der Waals surface area contributed by atoms with Crippen molar-refractivity contribution in [1.82, 2.24) is 0 Å². The topological polar surface area (TPSA) is 48.7 Å². The van der Waals surface area contributed by atoms with E-state index in [-0.39, 0.29) is 11.4 Å². The summed E-state index contributed by atoms with van der Waals surface area (Å²) < 4.78 is 15.6. The van der Waals surface area contributed by atoms with E-state index in [0.29, 0.717) is 19.6 Å². The molecule has 0 radical (unpaired) electrons. The SMILES string of the molecule is COC(=O)CC1(c2coc3ccccc23)COC1. The van der Waals surface area contributed by atoms with Crippen LogP contribution in [0.15, 0.2) is 34.9 Å². The zero-order valence-corrected chi connectivity index (χ0v) is 10.1. The van der Waals surface area contributed by atoms with E-state index in [1.165, 1.54) is 7.11 Å². The first kappa shape index (κ1) is 11.3. The Morgan fingerprint density at radius 2 is 2.17 bits per heavy atom. The van der Waals surface area contributed by atoms with Gasteiger partial charge in [-0.15, -0.1) is 0 Å². The van der Waals surface area contributed by atoms with E-state index < -0.39 is 0 Å². The minimum atomic E-state index is -0.292. The summed E-state index contributed by atoms with van der Waals surface area (Å²) in [7, 11) is 1.41. The minimum absolute atomic E-state index is 0.219. The Labute approximate surface area is 104 Å². The number of hydrogen-bond acceptors (Lipinski definition) is 4. The van der Waals surface area contributed by atoms with E-state index in [1.54, 1.807) is 6.26 Å². The molecule has 0 amide bonds. The molecule has 0 atom stereocenters. The first-order chi connectivity index (χ1) is 8.75. The third-order valence-corrected chi connectivity index (χ3v) is 3.52. The normalized spacial score (nSPS) is 17.4. The fourth-order valence-electron chi connectivity index (χ4n) is 2.44. The van der Waals surface area contributed by atoms with Crippen LogP contribution in [0.4, 0.5) is 0 Å². The van der Waals surface area contributed by atoms with Gasteiger partial charge in [-0.25, -0.2) is 0 Å². The number of methoxy groups -OCH3 is 1. The number of furan rings is 1. The van der Waals surface area contributed by atoms with Gasteiger partial charge in [0.1, 0.15) is 5.58 Å². The molecule has 0 saturated carbocycles. The third kappa shape index (κ3) is 1.61. The molecule has 1 fully saturated rings. The molecular weight excluding hydrogens is 232 g/mol. The lowest BCUT2D eigenvalue weighted by Gasteiger charge is -2.40. The average molecular weight is 246 g/mol. The van der Waals surface area contributed by atoms with Crippen LogP contribution in [0.25, 0.3) is 11.0 Å². The molecule has 0 aliphatic carbocycles. The zero-order chi connectivity index (χ0) is 12.6. The predicted octanol–water partition coefficient (Wildman–Crippen LogP) is 2.26. The van der Waals surface area contributed by atoms with E-state index in [9.17, 15) is 4.79 Å². The van der Waals surface area contributed by atoms with Crippen LogP contribution in [0.3, 0.4) is 0 Å². The highest BCUT2D eigenvalue weighted by Gasteiger charge is 2.44. The van der Waals surface area contributed by atoms with Gasteiger partial charge in [0, 0.05) is 10.9 Å². The second-order valence-corrected chi connectivity index (χ2v) is 4.67. The van der Waals surface area contributed by atoms with Crippen LogP contribution in [-0.4, -0.2) is 26.3 Å². The molecular formula is C14H14O4. The van der Waals surface area contributed by atoms with Gasteiger partial charge in [-0.2, -0.15) is 0 Å². The maximum Gasteiger partial charge on any atom is 0.306 e. The van der Waals surface area contributed by atoms with Crippen molar-refractivity contribution >= 4 is 16.9 Å². The molecule has 3 rings (SSSR count). The lowest BCUT2D eigenvalue weighted by Crippen LogP contribution is -2.48. The second-order valence-electron chi connectivity index (χ2n) is 4.67. The Hall–Kier alpha value is -1.81. The van der Waals surface area contributed by atoms with E-state index in [0.717, 1.165) is 16.5 Å². The van der Waals surface area contributed by atoms with Crippen molar-refractivity contribution in [3.8, 4) is 0 Å². The number of esters is 1. The van der Waals surface area contributed by atoms with Crippen LogP contribution < -0.4 is 0 Å². The molecule has 4 nitrogen and oxygen atoms in total. The standard InChI is InChI=1S/C14H14O4/c1-16-13(15)6-14(8-17-9-14)11-7-18-12-5-3-2-4-10(11)12/h2-5,7H,6,8-9H2,1H3. The van der Waals surface area contributed by atoms with E-state index >= 15 is 0 Å². The second kappa shape index (κ2) is 4.14. The summed E-state index contributed by atoms with van der Waals surface area (Å²) in [6, 6.07) is 7.82. The van der Waals surface area contributed by atoms with Gasteiger partial charge in [-0.05, 0) is 6.07 Å². The predicted molar refractivity (Wildman–Crippen MR) is 65.3 cm³/mol. The molecule has 1 saturated heterocycles. The van der Waals surface area contributed by atoms with Crippen molar-refractivity contribution in [3.63, 3.8) is 0 Å². The van der Waals surface area contributed by atoms with Crippen molar-refractivity contribution in [2.75, 3.05) is 20.3 Å². The fourth-order valence-corrected chi connectivity index (χ4v) is 2.44. The van der Waals surface area contributed by atoms with Gasteiger partial charge >= 0.3 is 5.97 Å². The summed E-state index contributed by atoms with van der Waals surface area (Å²) in [6.45, 7) is 1.07. The molecule has 1 aromatic carbocycles. The lowest BCUT2D eigenvalue weighted by atomic mass is 9.76. The van der Waals surface area contributed by atoms with Gasteiger partial charge in [-0.3, -0.25) is 4.79 Å². The Kier molecular flexibility index (Phi) is 2.59. The van der Waals surface area contributed by atoms with Crippen LogP contribution in [-0.2, 0) is 19.7 Å². The molecule has 2 aromatic rings. The molecule has 4 heteroatoms. The van der Waals surface area contributed by atoms with E-state index in [4.69, 9.17) is 13.9 Å². The Balaban J connectivity index is 2.03. The number of fused-ring (bicyclic) bond motifs is 1. The van der Waals surface area contributed by atoms with Gasteiger partial charge < -0.3 is 13.9 Å². The van der Waals surface area contributed by atoms with Crippen molar-refractivity contribution < 1.29 is 18.7 Å². The maximum absolute atomic E-state index is 11.5. The van der Waals surface area contributed by atoms with Gasteiger partial charge in [-0.1, -0.05) is 18.2 Å². The molecule has 94 valence electrons. The van der Waals surface area contributed by atoms with Gasteiger partial charge in [0.15, 0.2) is 0 Å². The lowest BCUT2D eigenvalue weighted by molar-refractivity contribution is -0.148. The number of ether oxygens (including phenoxy) is 2. The number of para-hydroxylation sites is 1. The van der Waals surface area contributed by atoms with E-state index in [1.807, 2.05) is 24.3 Å². The van der Waals surface area contributed by atoms with Crippen LogP contribution >= 0.6 is 0 Å². The highest BCUT2D eigenvalue weighted by Crippen LogP contribution is 2.40. The molecule has 1 aromatic heterocycles. The molecule has 0 bridgehead atoms. The average Bonchev–Trinajstić information content (AvgIpc) is 2.78. The summed E-state index contributed by atoms with van der Waals surface area (Å²) in [5.74, 6) is -0.219. The fraction of sp³-hybridized carbons (Fsp3) is 0.357. The Morgan fingerprint density at radius 3 is 2.83 bits per heavy atom. The first-order valence-electron chi connectivity index (χ1n) is 5.86. The Morgan fingerprint density at radius 1 is 1.39 bits per heavy atom. The molecule has 18 heavy (non-hydrogen) atoms. The zero-order valence-electron chi connectivity index (χ0n) is 10.1. The van der Waals surface area contributed by atoms with Gasteiger partial charge in [0.25, 0.3) is 0 Å². The summed E-state index contributed by atoms with van der Waals surface area (Å²) in [6.07, 6.45) is 2.06. The van der Waals surface area contributed by atoms with Gasteiger partial charge in [0.05, 0.1) is 38.4 Å². The number of benzene rings is 1. The van der Waals surface area contributed by atoms with Crippen LogP contribution in [0, 0.1) is 0 Å². The molecule has 1 aliphatic rings. The quantitative estimate of drug-likeness (QED) is 0.779. The Bertz CT molecular complexity index is 580. The molecule has 0 spiro atoms. The first-order valence-corrected chi connectivity index (χ1v) is 5.86. The molecule has 0 unspecified atom stereocenters. The number of carbonyl (C=O) groups excluding carboxylic acids is 1. The summed E-state index contributed by atoms with van der Waals surface area (Å²) in [5, 5.41) is 1.05. The third-order valence-electron chi connectivity index (χ3n) is 3.52. The van der Waals surface area contributed by atoms with Crippen molar-refractivity contribution in [2.45, 2.75) is 11.8 Å².